The predicted molar refractivity (Wildman–Crippen MR) is 66.8 cm³/mol. The summed E-state index contributed by atoms with van der Waals surface area (Å²) in [5.41, 5.74) is 0. The molecule has 0 bridgehead atoms. The summed E-state index contributed by atoms with van der Waals surface area (Å²) in [4.78, 5) is 14.5. The fourth-order valence-electron chi connectivity index (χ4n) is 1.74. The number of aromatic nitrogens is 4. The van der Waals surface area contributed by atoms with Gasteiger partial charge in [0.1, 0.15) is 18.0 Å². The molecule has 0 aliphatic carbocycles. The Hall–Kier alpha value is -1.91. The molecule has 2 heterocycles. The van der Waals surface area contributed by atoms with Crippen LogP contribution in [-0.2, 0) is 13.5 Å². The zero-order valence-corrected chi connectivity index (χ0v) is 10.2. The number of anilines is 1. The minimum atomic E-state index is 0.958. The van der Waals surface area contributed by atoms with E-state index < -0.39 is 0 Å². The van der Waals surface area contributed by atoms with Gasteiger partial charge in [-0.15, -0.1) is 0 Å². The molecule has 0 aromatic carbocycles. The first-order valence-electron chi connectivity index (χ1n) is 5.70. The first-order valence-corrected chi connectivity index (χ1v) is 5.70. The quantitative estimate of drug-likeness (QED) is 0.777. The zero-order chi connectivity index (χ0) is 12.1. The molecule has 2 aromatic heterocycles. The van der Waals surface area contributed by atoms with E-state index in [-0.39, 0.29) is 0 Å². The molecule has 0 atom stereocenters. The summed E-state index contributed by atoms with van der Waals surface area (Å²) in [5, 5.41) is 0. The van der Waals surface area contributed by atoms with Gasteiger partial charge in [0.15, 0.2) is 0 Å². The minimum Gasteiger partial charge on any atom is -0.360 e. The van der Waals surface area contributed by atoms with Crippen LogP contribution in [0.15, 0.2) is 31.0 Å². The summed E-state index contributed by atoms with van der Waals surface area (Å²) >= 11 is 0. The third-order valence-corrected chi connectivity index (χ3v) is 2.77. The second-order valence-electron chi connectivity index (χ2n) is 4.05. The number of imidazole rings is 1. The standard InChI is InChI=1S/C12H17N5/c1-16(12-5-6-13-10-15-12)8-3-4-11-14-7-9-17(11)2/h5-7,9-10H,3-4,8H2,1-2H3. The van der Waals surface area contributed by atoms with Crippen molar-refractivity contribution < 1.29 is 0 Å². The van der Waals surface area contributed by atoms with Crippen LogP contribution < -0.4 is 4.90 Å². The Kier molecular flexibility index (Phi) is 3.69. The molecule has 0 radical (unpaired) electrons. The summed E-state index contributed by atoms with van der Waals surface area (Å²) in [7, 11) is 4.07. The van der Waals surface area contributed by atoms with Crippen molar-refractivity contribution in [3.63, 3.8) is 0 Å². The van der Waals surface area contributed by atoms with Gasteiger partial charge in [-0.2, -0.15) is 0 Å². The smallest absolute Gasteiger partial charge is 0.131 e. The first-order chi connectivity index (χ1) is 8.27. The molecule has 17 heavy (non-hydrogen) atoms. The number of aryl methyl sites for hydroxylation is 2. The summed E-state index contributed by atoms with van der Waals surface area (Å²) in [6, 6.07) is 1.92. The van der Waals surface area contributed by atoms with Gasteiger partial charge in [0, 0.05) is 45.7 Å². The summed E-state index contributed by atoms with van der Waals surface area (Å²) in [5.74, 6) is 2.08. The van der Waals surface area contributed by atoms with Crippen LogP contribution in [0.25, 0.3) is 0 Å². The molecule has 0 saturated heterocycles. The monoisotopic (exact) mass is 231 g/mol. The van der Waals surface area contributed by atoms with Crippen LogP contribution >= 0.6 is 0 Å². The van der Waals surface area contributed by atoms with Crippen LogP contribution in [0.3, 0.4) is 0 Å². The van der Waals surface area contributed by atoms with Gasteiger partial charge in [-0.05, 0) is 12.5 Å². The highest BCUT2D eigenvalue weighted by Gasteiger charge is 2.03. The number of hydrogen-bond donors (Lipinski definition) is 0. The van der Waals surface area contributed by atoms with Gasteiger partial charge in [-0.1, -0.05) is 0 Å². The van der Waals surface area contributed by atoms with Gasteiger partial charge in [-0.3, -0.25) is 0 Å². The van der Waals surface area contributed by atoms with E-state index in [0.29, 0.717) is 0 Å². The van der Waals surface area contributed by atoms with Crippen molar-refractivity contribution in [1.82, 2.24) is 19.5 Å². The van der Waals surface area contributed by atoms with E-state index in [4.69, 9.17) is 0 Å². The Morgan fingerprint density at radius 2 is 2.18 bits per heavy atom. The minimum absolute atomic E-state index is 0.958. The lowest BCUT2D eigenvalue weighted by Gasteiger charge is -2.17. The SMILES string of the molecule is CN(CCCc1nccn1C)c1ccncn1. The summed E-state index contributed by atoms with van der Waals surface area (Å²) < 4.78 is 2.06. The Labute approximate surface area is 101 Å². The molecule has 0 aliphatic rings. The van der Waals surface area contributed by atoms with Crippen molar-refractivity contribution in [3.8, 4) is 0 Å². The van der Waals surface area contributed by atoms with Gasteiger partial charge >= 0.3 is 0 Å². The third-order valence-electron chi connectivity index (χ3n) is 2.77. The van der Waals surface area contributed by atoms with E-state index in [0.717, 1.165) is 31.0 Å². The average Bonchev–Trinajstić information content (AvgIpc) is 2.76. The fourth-order valence-corrected chi connectivity index (χ4v) is 1.74. The van der Waals surface area contributed by atoms with Crippen LogP contribution in [0.1, 0.15) is 12.2 Å². The molecule has 90 valence electrons. The van der Waals surface area contributed by atoms with Crippen LogP contribution in [0.5, 0.6) is 0 Å². The predicted octanol–water partition coefficient (Wildman–Crippen LogP) is 1.28. The topological polar surface area (TPSA) is 46.8 Å². The largest absolute Gasteiger partial charge is 0.360 e. The number of nitrogens with zero attached hydrogens (tertiary/aromatic N) is 5. The molecule has 5 nitrogen and oxygen atoms in total. The Bertz CT molecular complexity index is 451. The van der Waals surface area contributed by atoms with E-state index in [9.17, 15) is 0 Å². The highest BCUT2D eigenvalue weighted by Crippen LogP contribution is 2.07. The van der Waals surface area contributed by atoms with E-state index >= 15 is 0 Å². The van der Waals surface area contributed by atoms with Crippen LogP contribution in [0.2, 0.25) is 0 Å². The lowest BCUT2D eigenvalue weighted by molar-refractivity contribution is 0.710. The van der Waals surface area contributed by atoms with Gasteiger partial charge in [0.2, 0.25) is 0 Å². The summed E-state index contributed by atoms with van der Waals surface area (Å²) in [6.07, 6.45) is 9.19. The molecule has 0 aliphatic heterocycles. The van der Waals surface area contributed by atoms with Crippen molar-refractivity contribution in [1.29, 1.82) is 0 Å². The molecule has 2 rings (SSSR count). The van der Waals surface area contributed by atoms with Gasteiger partial charge in [0.05, 0.1) is 0 Å². The Morgan fingerprint density at radius 3 is 2.82 bits per heavy atom. The van der Waals surface area contributed by atoms with Crippen LogP contribution in [0.4, 0.5) is 5.82 Å². The summed E-state index contributed by atoms with van der Waals surface area (Å²) in [6.45, 7) is 0.962. The van der Waals surface area contributed by atoms with E-state index in [1.807, 2.05) is 32.6 Å². The molecule has 0 amide bonds. The molecule has 5 heteroatoms. The molecule has 0 N–H and O–H groups in total. The van der Waals surface area contributed by atoms with Crippen molar-refractivity contribution in [3.05, 3.63) is 36.8 Å². The van der Waals surface area contributed by atoms with Gasteiger partial charge in [-0.25, -0.2) is 15.0 Å². The van der Waals surface area contributed by atoms with E-state index in [1.54, 1.807) is 12.5 Å². The lowest BCUT2D eigenvalue weighted by Crippen LogP contribution is -2.20. The van der Waals surface area contributed by atoms with Crippen molar-refractivity contribution in [2.45, 2.75) is 12.8 Å². The second kappa shape index (κ2) is 5.43. The first kappa shape index (κ1) is 11.6. The average molecular weight is 231 g/mol. The number of hydrogen-bond acceptors (Lipinski definition) is 4. The molecular weight excluding hydrogens is 214 g/mol. The van der Waals surface area contributed by atoms with E-state index in [2.05, 4.69) is 24.4 Å². The molecular formula is C12H17N5. The Morgan fingerprint density at radius 1 is 1.29 bits per heavy atom. The molecule has 0 spiro atoms. The third kappa shape index (κ3) is 3.03. The normalized spacial score (nSPS) is 10.5. The molecule has 2 aromatic rings. The van der Waals surface area contributed by atoms with Crippen molar-refractivity contribution >= 4 is 5.82 Å². The molecule has 0 unspecified atom stereocenters. The maximum Gasteiger partial charge on any atom is 0.131 e. The van der Waals surface area contributed by atoms with Crippen molar-refractivity contribution in [2.75, 3.05) is 18.5 Å². The van der Waals surface area contributed by atoms with E-state index in [1.165, 1.54) is 0 Å². The van der Waals surface area contributed by atoms with Crippen molar-refractivity contribution in [2.24, 2.45) is 7.05 Å². The highest BCUT2D eigenvalue weighted by molar-refractivity contribution is 5.34. The highest BCUT2D eigenvalue weighted by atomic mass is 15.2. The number of rotatable bonds is 5. The lowest BCUT2D eigenvalue weighted by atomic mass is 10.3. The zero-order valence-electron chi connectivity index (χ0n) is 10.2. The van der Waals surface area contributed by atoms with Crippen LogP contribution in [0, 0.1) is 0 Å². The second-order valence-corrected chi connectivity index (χ2v) is 4.05. The maximum atomic E-state index is 4.30. The van der Waals surface area contributed by atoms with Gasteiger partial charge < -0.3 is 9.47 Å². The molecule has 0 saturated carbocycles. The van der Waals surface area contributed by atoms with Gasteiger partial charge in [0.25, 0.3) is 0 Å². The fraction of sp³-hybridized carbons (Fsp3) is 0.417. The van der Waals surface area contributed by atoms with Crippen LogP contribution in [-0.4, -0.2) is 33.1 Å². The Balaban J connectivity index is 1.81. The maximum absolute atomic E-state index is 4.30. The molecule has 0 fully saturated rings.